The quantitative estimate of drug-likeness (QED) is 0.737. The van der Waals surface area contributed by atoms with Crippen LogP contribution in [0.3, 0.4) is 0 Å². The van der Waals surface area contributed by atoms with Gasteiger partial charge in [0.1, 0.15) is 0 Å². The number of urea groups is 1. The number of nitrogens with two attached hydrogens (primary N) is 1. The first-order chi connectivity index (χ1) is 9.16. The standard InChI is InChI=1S/C14H27N3O3/c1-5-20-12(19)16-9-14(4)7-10(17-11(15)18)6-13(2,3)8-14/h10H,5-9H2,1-4H3,(H,16,19)(H3,15,17,18). The molecule has 116 valence electrons. The summed E-state index contributed by atoms with van der Waals surface area (Å²) in [5.41, 5.74) is 5.23. The van der Waals surface area contributed by atoms with Crippen molar-refractivity contribution < 1.29 is 14.3 Å². The summed E-state index contributed by atoms with van der Waals surface area (Å²) in [7, 11) is 0. The second kappa shape index (κ2) is 6.33. The first kappa shape index (κ1) is 16.6. The minimum Gasteiger partial charge on any atom is -0.450 e. The number of carbonyl (C=O) groups excluding carboxylic acids is 2. The molecule has 6 heteroatoms. The van der Waals surface area contributed by atoms with Crippen molar-refractivity contribution in [3.8, 4) is 0 Å². The van der Waals surface area contributed by atoms with Gasteiger partial charge in [0.15, 0.2) is 0 Å². The molecule has 1 aliphatic rings. The lowest BCUT2D eigenvalue weighted by Crippen LogP contribution is -2.51. The van der Waals surface area contributed by atoms with Crippen LogP contribution in [0.5, 0.6) is 0 Å². The van der Waals surface area contributed by atoms with E-state index >= 15 is 0 Å². The number of amides is 3. The molecule has 1 saturated carbocycles. The molecule has 0 aromatic carbocycles. The molecule has 1 rings (SSSR count). The van der Waals surface area contributed by atoms with Crippen LogP contribution < -0.4 is 16.4 Å². The van der Waals surface area contributed by atoms with Gasteiger partial charge in [-0.1, -0.05) is 20.8 Å². The zero-order valence-electron chi connectivity index (χ0n) is 12.9. The first-order valence-corrected chi connectivity index (χ1v) is 7.12. The number of alkyl carbamates (subject to hydrolysis) is 1. The van der Waals surface area contributed by atoms with E-state index in [-0.39, 0.29) is 16.9 Å². The summed E-state index contributed by atoms with van der Waals surface area (Å²) in [5.74, 6) is 0. The van der Waals surface area contributed by atoms with Gasteiger partial charge >= 0.3 is 12.1 Å². The topological polar surface area (TPSA) is 93.4 Å². The van der Waals surface area contributed by atoms with Crippen molar-refractivity contribution in [1.29, 1.82) is 0 Å². The van der Waals surface area contributed by atoms with Gasteiger partial charge in [-0.25, -0.2) is 9.59 Å². The molecule has 6 nitrogen and oxygen atoms in total. The van der Waals surface area contributed by atoms with E-state index in [1.165, 1.54) is 0 Å². The van der Waals surface area contributed by atoms with Gasteiger partial charge in [-0.15, -0.1) is 0 Å². The summed E-state index contributed by atoms with van der Waals surface area (Å²) in [6.07, 6.45) is 2.27. The van der Waals surface area contributed by atoms with Crippen LogP contribution in [0.25, 0.3) is 0 Å². The highest BCUT2D eigenvalue weighted by Crippen LogP contribution is 2.45. The summed E-state index contributed by atoms with van der Waals surface area (Å²) >= 11 is 0. The van der Waals surface area contributed by atoms with Crippen molar-refractivity contribution in [1.82, 2.24) is 10.6 Å². The molecule has 4 N–H and O–H groups in total. The normalized spacial score (nSPS) is 28.5. The minimum atomic E-state index is -0.492. The van der Waals surface area contributed by atoms with E-state index in [9.17, 15) is 9.59 Å². The summed E-state index contributed by atoms with van der Waals surface area (Å²) < 4.78 is 4.88. The highest BCUT2D eigenvalue weighted by molar-refractivity contribution is 5.72. The number of hydrogen-bond donors (Lipinski definition) is 3. The fourth-order valence-electron chi connectivity index (χ4n) is 3.54. The third-order valence-electron chi connectivity index (χ3n) is 3.72. The molecule has 0 aromatic heterocycles. The Morgan fingerprint density at radius 2 is 1.95 bits per heavy atom. The maximum atomic E-state index is 11.4. The average Bonchev–Trinajstić information content (AvgIpc) is 2.23. The average molecular weight is 285 g/mol. The van der Waals surface area contributed by atoms with E-state index in [0.29, 0.717) is 13.2 Å². The molecule has 20 heavy (non-hydrogen) atoms. The van der Waals surface area contributed by atoms with E-state index in [2.05, 4.69) is 31.4 Å². The van der Waals surface area contributed by atoms with Gasteiger partial charge in [0.25, 0.3) is 0 Å². The summed E-state index contributed by atoms with van der Waals surface area (Å²) in [6.45, 7) is 9.13. The van der Waals surface area contributed by atoms with Gasteiger partial charge in [-0.3, -0.25) is 0 Å². The number of rotatable bonds is 4. The Morgan fingerprint density at radius 3 is 2.50 bits per heavy atom. The van der Waals surface area contributed by atoms with Crippen LogP contribution in [0, 0.1) is 10.8 Å². The van der Waals surface area contributed by atoms with E-state index in [1.807, 2.05) is 0 Å². The third-order valence-corrected chi connectivity index (χ3v) is 3.72. The van der Waals surface area contributed by atoms with Gasteiger partial charge in [-0.2, -0.15) is 0 Å². The third kappa shape index (κ3) is 5.27. The van der Waals surface area contributed by atoms with E-state index < -0.39 is 12.1 Å². The van der Waals surface area contributed by atoms with Crippen LogP contribution in [0.1, 0.15) is 47.0 Å². The predicted molar refractivity (Wildman–Crippen MR) is 77.3 cm³/mol. The van der Waals surface area contributed by atoms with E-state index in [0.717, 1.165) is 19.3 Å². The van der Waals surface area contributed by atoms with Crippen LogP contribution >= 0.6 is 0 Å². The van der Waals surface area contributed by atoms with Crippen molar-refractivity contribution in [2.45, 2.75) is 53.0 Å². The Morgan fingerprint density at radius 1 is 1.30 bits per heavy atom. The van der Waals surface area contributed by atoms with Crippen molar-refractivity contribution in [2.75, 3.05) is 13.2 Å². The van der Waals surface area contributed by atoms with Crippen molar-refractivity contribution in [3.63, 3.8) is 0 Å². The molecule has 2 unspecified atom stereocenters. The maximum Gasteiger partial charge on any atom is 0.407 e. The fourth-order valence-corrected chi connectivity index (χ4v) is 3.54. The van der Waals surface area contributed by atoms with Crippen molar-refractivity contribution >= 4 is 12.1 Å². The maximum absolute atomic E-state index is 11.4. The summed E-state index contributed by atoms with van der Waals surface area (Å²) in [5, 5.41) is 5.60. The smallest absolute Gasteiger partial charge is 0.407 e. The van der Waals surface area contributed by atoms with Crippen LogP contribution in [0.2, 0.25) is 0 Å². The van der Waals surface area contributed by atoms with Crippen molar-refractivity contribution in [2.24, 2.45) is 16.6 Å². The van der Waals surface area contributed by atoms with Crippen LogP contribution in [-0.4, -0.2) is 31.3 Å². The summed E-state index contributed by atoms with van der Waals surface area (Å²) in [4.78, 5) is 22.5. The number of carbonyl (C=O) groups is 2. The van der Waals surface area contributed by atoms with Crippen molar-refractivity contribution in [3.05, 3.63) is 0 Å². The fraction of sp³-hybridized carbons (Fsp3) is 0.857. The summed E-state index contributed by atoms with van der Waals surface area (Å²) in [6, 6.07) is -0.446. The molecule has 1 aliphatic carbocycles. The molecule has 0 saturated heterocycles. The SMILES string of the molecule is CCOC(=O)NCC1(C)CC(NC(N)=O)CC(C)(C)C1. The zero-order valence-corrected chi connectivity index (χ0v) is 12.9. The Bertz CT molecular complexity index is 371. The van der Waals surface area contributed by atoms with Crippen LogP contribution in [-0.2, 0) is 4.74 Å². The molecule has 0 heterocycles. The number of nitrogens with one attached hydrogen (secondary N) is 2. The van der Waals surface area contributed by atoms with Gasteiger partial charge in [0.2, 0.25) is 0 Å². The van der Waals surface area contributed by atoms with E-state index in [4.69, 9.17) is 10.5 Å². The van der Waals surface area contributed by atoms with Crippen LogP contribution in [0.4, 0.5) is 9.59 Å². The largest absolute Gasteiger partial charge is 0.450 e. The highest BCUT2D eigenvalue weighted by atomic mass is 16.5. The van der Waals surface area contributed by atoms with Gasteiger partial charge in [0.05, 0.1) is 6.61 Å². The molecular weight excluding hydrogens is 258 g/mol. The lowest BCUT2D eigenvalue weighted by molar-refractivity contribution is 0.0705. The zero-order chi connectivity index (χ0) is 15.4. The molecule has 3 amide bonds. The Hall–Kier alpha value is -1.46. The molecular formula is C14H27N3O3. The lowest BCUT2D eigenvalue weighted by atomic mass is 9.62. The molecule has 0 bridgehead atoms. The Kier molecular flexibility index (Phi) is 5.25. The monoisotopic (exact) mass is 285 g/mol. The Balaban J connectivity index is 2.65. The number of primary amides is 1. The van der Waals surface area contributed by atoms with Gasteiger partial charge in [-0.05, 0) is 37.0 Å². The number of hydrogen-bond acceptors (Lipinski definition) is 3. The molecule has 0 aliphatic heterocycles. The molecule has 2 atom stereocenters. The molecule has 0 spiro atoms. The predicted octanol–water partition coefficient (Wildman–Crippen LogP) is 1.99. The number of ether oxygens (including phenoxy) is 1. The molecule has 0 aromatic rings. The second-order valence-corrected chi connectivity index (χ2v) is 6.84. The van der Waals surface area contributed by atoms with Gasteiger partial charge in [0, 0.05) is 12.6 Å². The Labute approximate surface area is 120 Å². The molecule has 1 fully saturated rings. The first-order valence-electron chi connectivity index (χ1n) is 7.12. The minimum absolute atomic E-state index is 0.0465. The van der Waals surface area contributed by atoms with Crippen LogP contribution in [0.15, 0.2) is 0 Å². The second-order valence-electron chi connectivity index (χ2n) is 6.84. The lowest BCUT2D eigenvalue weighted by Gasteiger charge is -2.46. The van der Waals surface area contributed by atoms with Gasteiger partial charge < -0.3 is 21.1 Å². The highest BCUT2D eigenvalue weighted by Gasteiger charge is 2.41. The van der Waals surface area contributed by atoms with E-state index in [1.54, 1.807) is 6.92 Å². The molecule has 0 radical (unpaired) electrons.